The van der Waals surface area contributed by atoms with Crippen LogP contribution in [0.25, 0.3) is 0 Å². The average molecular weight is 294 g/mol. The van der Waals surface area contributed by atoms with Crippen LogP contribution in [0.5, 0.6) is 11.5 Å². The minimum atomic E-state index is -0.217. The first-order valence-electron chi connectivity index (χ1n) is 7.14. The van der Waals surface area contributed by atoms with E-state index in [0.717, 1.165) is 19.5 Å². The SMILES string of the molecule is COc1ccc(C(=O)C(C)NCCCN(C)C)cc1OC. The number of hydrogen-bond acceptors (Lipinski definition) is 5. The molecule has 0 amide bonds. The molecule has 1 unspecified atom stereocenters. The van der Waals surface area contributed by atoms with Crippen LogP contribution in [0.15, 0.2) is 18.2 Å². The van der Waals surface area contributed by atoms with E-state index in [4.69, 9.17) is 9.47 Å². The monoisotopic (exact) mass is 294 g/mol. The lowest BCUT2D eigenvalue weighted by atomic mass is 10.0. The molecule has 1 aromatic rings. The molecule has 21 heavy (non-hydrogen) atoms. The Morgan fingerprint density at radius 2 is 1.90 bits per heavy atom. The summed E-state index contributed by atoms with van der Waals surface area (Å²) in [5.74, 6) is 1.25. The molecule has 0 saturated heterocycles. The van der Waals surface area contributed by atoms with E-state index in [9.17, 15) is 4.79 Å². The quantitative estimate of drug-likeness (QED) is 0.556. The molecule has 1 rings (SSSR count). The van der Waals surface area contributed by atoms with Gasteiger partial charge in [0.1, 0.15) is 0 Å². The van der Waals surface area contributed by atoms with Gasteiger partial charge < -0.3 is 19.7 Å². The van der Waals surface area contributed by atoms with Crippen molar-refractivity contribution in [2.75, 3.05) is 41.4 Å². The van der Waals surface area contributed by atoms with Crippen molar-refractivity contribution in [3.8, 4) is 11.5 Å². The molecule has 0 saturated carbocycles. The van der Waals surface area contributed by atoms with Gasteiger partial charge in [-0.15, -0.1) is 0 Å². The highest BCUT2D eigenvalue weighted by molar-refractivity contribution is 6.00. The number of nitrogens with zero attached hydrogens (tertiary/aromatic N) is 1. The van der Waals surface area contributed by atoms with E-state index in [-0.39, 0.29) is 11.8 Å². The zero-order valence-corrected chi connectivity index (χ0v) is 13.6. The van der Waals surface area contributed by atoms with Gasteiger partial charge in [0.25, 0.3) is 0 Å². The van der Waals surface area contributed by atoms with Crippen molar-refractivity contribution in [1.82, 2.24) is 10.2 Å². The molecule has 0 aromatic heterocycles. The van der Waals surface area contributed by atoms with E-state index >= 15 is 0 Å². The fraction of sp³-hybridized carbons (Fsp3) is 0.562. The Morgan fingerprint density at radius 1 is 1.24 bits per heavy atom. The lowest BCUT2D eigenvalue weighted by Crippen LogP contribution is -2.35. The lowest BCUT2D eigenvalue weighted by Gasteiger charge is -2.15. The Bertz CT molecular complexity index is 461. The van der Waals surface area contributed by atoms with Crippen molar-refractivity contribution in [3.63, 3.8) is 0 Å². The number of nitrogens with one attached hydrogen (secondary N) is 1. The maximum atomic E-state index is 12.4. The summed E-state index contributed by atoms with van der Waals surface area (Å²) in [5, 5.41) is 3.25. The van der Waals surface area contributed by atoms with E-state index in [1.54, 1.807) is 32.4 Å². The van der Waals surface area contributed by atoms with Crippen LogP contribution in [0.1, 0.15) is 23.7 Å². The van der Waals surface area contributed by atoms with Crippen molar-refractivity contribution >= 4 is 5.78 Å². The second-order valence-electron chi connectivity index (χ2n) is 5.27. The number of methoxy groups -OCH3 is 2. The lowest BCUT2D eigenvalue weighted by molar-refractivity contribution is 0.0950. The number of carbonyl (C=O) groups is 1. The number of ether oxygens (including phenoxy) is 2. The van der Waals surface area contributed by atoms with Gasteiger partial charge >= 0.3 is 0 Å². The third kappa shape index (κ3) is 5.36. The predicted octanol–water partition coefficient (Wildman–Crippen LogP) is 1.82. The number of hydrogen-bond donors (Lipinski definition) is 1. The Morgan fingerprint density at radius 3 is 2.48 bits per heavy atom. The van der Waals surface area contributed by atoms with Gasteiger partial charge in [0, 0.05) is 5.56 Å². The van der Waals surface area contributed by atoms with Crippen molar-refractivity contribution in [1.29, 1.82) is 0 Å². The first kappa shape index (κ1) is 17.5. The molecule has 1 N–H and O–H groups in total. The van der Waals surface area contributed by atoms with Gasteiger partial charge in [0.05, 0.1) is 20.3 Å². The van der Waals surface area contributed by atoms with Gasteiger partial charge in [-0.05, 0) is 58.7 Å². The van der Waals surface area contributed by atoms with Crippen LogP contribution in [0.3, 0.4) is 0 Å². The highest BCUT2D eigenvalue weighted by Crippen LogP contribution is 2.27. The smallest absolute Gasteiger partial charge is 0.179 e. The minimum Gasteiger partial charge on any atom is -0.493 e. The summed E-state index contributed by atoms with van der Waals surface area (Å²) in [5.41, 5.74) is 0.625. The topological polar surface area (TPSA) is 50.8 Å². The standard InChI is InChI=1S/C16H26N2O3/c1-12(17-9-6-10-18(2)3)16(19)13-7-8-14(20-4)15(11-13)21-5/h7-8,11-12,17H,6,9-10H2,1-5H3. The highest BCUT2D eigenvalue weighted by atomic mass is 16.5. The van der Waals surface area contributed by atoms with E-state index in [0.29, 0.717) is 17.1 Å². The first-order valence-corrected chi connectivity index (χ1v) is 7.14. The van der Waals surface area contributed by atoms with Gasteiger partial charge in [-0.2, -0.15) is 0 Å². The summed E-state index contributed by atoms with van der Waals surface area (Å²) in [6.07, 6.45) is 1.01. The Kier molecular flexibility index (Phi) is 7.19. The number of ketones is 1. The van der Waals surface area contributed by atoms with Crippen LogP contribution in [0.2, 0.25) is 0 Å². The van der Waals surface area contributed by atoms with Crippen LogP contribution in [0.4, 0.5) is 0 Å². The van der Waals surface area contributed by atoms with Crippen LogP contribution < -0.4 is 14.8 Å². The van der Waals surface area contributed by atoms with Gasteiger partial charge in [0.15, 0.2) is 17.3 Å². The van der Waals surface area contributed by atoms with Crippen molar-refractivity contribution < 1.29 is 14.3 Å². The minimum absolute atomic E-state index is 0.0563. The summed E-state index contributed by atoms with van der Waals surface area (Å²) < 4.78 is 10.4. The molecular weight excluding hydrogens is 268 g/mol. The molecule has 1 atom stereocenters. The molecule has 0 bridgehead atoms. The summed E-state index contributed by atoms with van der Waals surface area (Å²) in [4.78, 5) is 14.5. The molecule has 1 aromatic carbocycles. The molecule has 0 fully saturated rings. The number of Topliss-reactive ketones (excluding diaryl/α,β-unsaturated/α-hetero) is 1. The second kappa shape index (κ2) is 8.64. The fourth-order valence-corrected chi connectivity index (χ4v) is 2.05. The maximum absolute atomic E-state index is 12.4. The van der Waals surface area contributed by atoms with Crippen LogP contribution in [-0.4, -0.2) is 58.1 Å². The molecule has 0 aliphatic rings. The summed E-state index contributed by atoms with van der Waals surface area (Å²) in [6.45, 7) is 3.71. The van der Waals surface area contributed by atoms with Gasteiger partial charge in [0.2, 0.25) is 0 Å². The molecule has 5 heteroatoms. The van der Waals surface area contributed by atoms with Crippen molar-refractivity contribution in [2.45, 2.75) is 19.4 Å². The van der Waals surface area contributed by atoms with Crippen LogP contribution in [-0.2, 0) is 0 Å². The zero-order valence-electron chi connectivity index (χ0n) is 13.6. The van der Waals surface area contributed by atoms with E-state index in [1.807, 2.05) is 21.0 Å². The Labute approximate surface area is 127 Å². The second-order valence-corrected chi connectivity index (χ2v) is 5.27. The Balaban J connectivity index is 2.61. The third-order valence-electron chi connectivity index (χ3n) is 3.29. The largest absolute Gasteiger partial charge is 0.493 e. The molecule has 5 nitrogen and oxygen atoms in total. The third-order valence-corrected chi connectivity index (χ3v) is 3.29. The fourth-order valence-electron chi connectivity index (χ4n) is 2.05. The zero-order chi connectivity index (χ0) is 15.8. The maximum Gasteiger partial charge on any atom is 0.179 e. The predicted molar refractivity (Wildman–Crippen MR) is 84.5 cm³/mol. The first-order chi connectivity index (χ1) is 9.99. The van der Waals surface area contributed by atoms with Crippen molar-refractivity contribution in [3.05, 3.63) is 23.8 Å². The highest BCUT2D eigenvalue weighted by Gasteiger charge is 2.16. The summed E-state index contributed by atoms with van der Waals surface area (Å²) in [6, 6.07) is 5.02. The average Bonchev–Trinajstić information content (AvgIpc) is 2.49. The van der Waals surface area contributed by atoms with Gasteiger partial charge in [-0.3, -0.25) is 4.79 Å². The summed E-state index contributed by atoms with van der Waals surface area (Å²) >= 11 is 0. The van der Waals surface area contributed by atoms with Crippen molar-refractivity contribution in [2.24, 2.45) is 0 Å². The van der Waals surface area contributed by atoms with E-state index in [1.165, 1.54) is 0 Å². The number of rotatable bonds is 9. The van der Waals surface area contributed by atoms with Gasteiger partial charge in [-0.25, -0.2) is 0 Å². The molecule has 0 radical (unpaired) electrons. The number of benzene rings is 1. The van der Waals surface area contributed by atoms with Crippen LogP contribution in [0, 0.1) is 0 Å². The van der Waals surface area contributed by atoms with Gasteiger partial charge in [-0.1, -0.05) is 0 Å². The molecule has 0 spiro atoms. The molecule has 118 valence electrons. The normalized spacial score (nSPS) is 12.3. The van der Waals surface area contributed by atoms with Crippen LogP contribution >= 0.6 is 0 Å². The molecule has 0 aliphatic heterocycles. The van der Waals surface area contributed by atoms with E-state index in [2.05, 4.69) is 10.2 Å². The molecular formula is C16H26N2O3. The van der Waals surface area contributed by atoms with E-state index < -0.39 is 0 Å². The Hall–Kier alpha value is -1.59. The number of carbonyl (C=O) groups excluding carboxylic acids is 1. The summed E-state index contributed by atoms with van der Waals surface area (Å²) in [7, 11) is 7.22. The molecule has 0 aliphatic carbocycles. The molecule has 0 heterocycles.